The van der Waals surface area contributed by atoms with E-state index in [0.717, 1.165) is 18.8 Å². The van der Waals surface area contributed by atoms with Crippen LogP contribution in [-0.2, 0) is 0 Å². The van der Waals surface area contributed by atoms with Gasteiger partial charge < -0.3 is 19.5 Å². The quantitative estimate of drug-likeness (QED) is 0.628. The van der Waals surface area contributed by atoms with Gasteiger partial charge in [-0.25, -0.2) is 0 Å². The highest BCUT2D eigenvalue weighted by molar-refractivity contribution is 6.42. The summed E-state index contributed by atoms with van der Waals surface area (Å²) in [4.78, 5) is 28.8. The predicted octanol–water partition coefficient (Wildman–Crippen LogP) is 4.80. The van der Waals surface area contributed by atoms with Gasteiger partial charge in [-0.1, -0.05) is 23.2 Å². The normalized spacial score (nSPS) is 13.9. The zero-order valence-electron chi connectivity index (χ0n) is 16.0. The third-order valence-electron chi connectivity index (χ3n) is 4.97. The van der Waals surface area contributed by atoms with E-state index >= 15 is 0 Å². The average Bonchev–Trinajstić information content (AvgIpc) is 3.31. The molecule has 0 radical (unpaired) electrons. The lowest BCUT2D eigenvalue weighted by Crippen LogP contribution is -2.48. The van der Waals surface area contributed by atoms with Crippen LogP contribution in [0.3, 0.4) is 0 Å². The first-order chi connectivity index (χ1) is 14.5. The standard InChI is InChI=1S/C22H19Cl2N3O3/c23-18-8-3-15(14-19(18)24)21(28)25-16-4-6-17(7-5-16)26-9-11-27(12-10-26)22(29)20-2-1-13-30-20/h1-8,13-14H,9-12H2,(H,25,28). The summed E-state index contributed by atoms with van der Waals surface area (Å²) in [7, 11) is 0. The summed E-state index contributed by atoms with van der Waals surface area (Å²) in [5, 5.41) is 3.59. The van der Waals surface area contributed by atoms with E-state index < -0.39 is 0 Å². The fraction of sp³-hybridized carbons (Fsp3) is 0.182. The van der Waals surface area contributed by atoms with Gasteiger partial charge in [-0.15, -0.1) is 0 Å². The van der Waals surface area contributed by atoms with Crippen molar-refractivity contribution in [2.45, 2.75) is 0 Å². The van der Waals surface area contributed by atoms with Crippen LogP contribution in [0.15, 0.2) is 65.3 Å². The molecule has 1 aromatic heterocycles. The van der Waals surface area contributed by atoms with Crippen molar-refractivity contribution in [2.75, 3.05) is 36.4 Å². The lowest BCUT2D eigenvalue weighted by atomic mass is 10.2. The zero-order chi connectivity index (χ0) is 21.1. The zero-order valence-corrected chi connectivity index (χ0v) is 17.5. The van der Waals surface area contributed by atoms with Crippen molar-refractivity contribution < 1.29 is 14.0 Å². The van der Waals surface area contributed by atoms with E-state index in [4.69, 9.17) is 27.6 Å². The topological polar surface area (TPSA) is 65.8 Å². The second-order valence-corrected chi connectivity index (χ2v) is 7.70. The van der Waals surface area contributed by atoms with Gasteiger partial charge in [0.25, 0.3) is 11.8 Å². The molecule has 0 spiro atoms. The van der Waals surface area contributed by atoms with Gasteiger partial charge in [0.2, 0.25) is 0 Å². The van der Waals surface area contributed by atoms with Crippen molar-refractivity contribution in [2.24, 2.45) is 0 Å². The second kappa shape index (κ2) is 8.81. The van der Waals surface area contributed by atoms with Gasteiger partial charge >= 0.3 is 0 Å². The van der Waals surface area contributed by atoms with Crippen molar-refractivity contribution in [3.05, 3.63) is 82.2 Å². The molecule has 2 heterocycles. The van der Waals surface area contributed by atoms with Crippen molar-refractivity contribution in [1.29, 1.82) is 0 Å². The first kappa shape index (κ1) is 20.3. The predicted molar refractivity (Wildman–Crippen MR) is 118 cm³/mol. The number of hydrogen-bond acceptors (Lipinski definition) is 4. The highest BCUT2D eigenvalue weighted by atomic mass is 35.5. The van der Waals surface area contributed by atoms with Crippen LogP contribution in [0.1, 0.15) is 20.9 Å². The smallest absolute Gasteiger partial charge is 0.289 e. The highest BCUT2D eigenvalue weighted by Crippen LogP contribution is 2.24. The number of piperazine rings is 1. The molecule has 0 bridgehead atoms. The van der Waals surface area contributed by atoms with Gasteiger partial charge in [-0.05, 0) is 54.6 Å². The molecule has 0 aliphatic carbocycles. The molecule has 0 atom stereocenters. The molecular weight excluding hydrogens is 425 g/mol. The molecule has 0 saturated carbocycles. The molecule has 4 rings (SSSR count). The number of carbonyl (C=O) groups is 2. The third-order valence-corrected chi connectivity index (χ3v) is 5.71. The molecule has 1 saturated heterocycles. The van der Waals surface area contributed by atoms with E-state index in [1.807, 2.05) is 24.3 Å². The Morgan fingerprint density at radius 1 is 0.900 bits per heavy atom. The maximum absolute atomic E-state index is 12.4. The first-order valence-electron chi connectivity index (χ1n) is 9.45. The summed E-state index contributed by atoms with van der Waals surface area (Å²) in [6.45, 7) is 2.69. The minimum atomic E-state index is -0.258. The molecule has 8 heteroatoms. The van der Waals surface area contributed by atoms with E-state index in [1.54, 1.807) is 29.2 Å². The Balaban J connectivity index is 1.34. The second-order valence-electron chi connectivity index (χ2n) is 6.89. The van der Waals surface area contributed by atoms with Crippen LogP contribution in [0.25, 0.3) is 0 Å². The minimum absolute atomic E-state index is 0.0833. The fourth-order valence-electron chi connectivity index (χ4n) is 3.32. The van der Waals surface area contributed by atoms with E-state index in [1.165, 1.54) is 12.3 Å². The van der Waals surface area contributed by atoms with Crippen LogP contribution < -0.4 is 10.2 Å². The number of hydrogen-bond donors (Lipinski definition) is 1. The van der Waals surface area contributed by atoms with Crippen LogP contribution in [0.5, 0.6) is 0 Å². The molecule has 30 heavy (non-hydrogen) atoms. The number of nitrogens with one attached hydrogen (secondary N) is 1. The molecule has 6 nitrogen and oxygen atoms in total. The summed E-state index contributed by atoms with van der Waals surface area (Å²) in [5.41, 5.74) is 2.15. The Morgan fingerprint density at radius 2 is 1.63 bits per heavy atom. The minimum Gasteiger partial charge on any atom is -0.459 e. The fourth-order valence-corrected chi connectivity index (χ4v) is 3.62. The molecule has 2 aromatic carbocycles. The van der Waals surface area contributed by atoms with Crippen LogP contribution >= 0.6 is 23.2 Å². The number of benzene rings is 2. The highest BCUT2D eigenvalue weighted by Gasteiger charge is 2.23. The molecule has 1 aliphatic heterocycles. The van der Waals surface area contributed by atoms with E-state index in [0.29, 0.717) is 40.1 Å². The Hall–Kier alpha value is -2.96. The summed E-state index contributed by atoms with van der Waals surface area (Å²) in [5.74, 6) is 0.0249. The van der Waals surface area contributed by atoms with Gasteiger partial charge in [0.15, 0.2) is 5.76 Å². The lowest BCUT2D eigenvalue weighted by molar-refractivity contribution is 0.0714. The number of rotatable bonds is 4. The molecule has 1 fully saturated rings. The van der Waals surface area contributed by atoms with Crippen LogP contribution in [0, 0.1) is 0 Å². The molecule has 3 aromatic rings. The van der Waals surface area contributed by atoms with Gasteiger partial charge in [-0.3, -0.25) is 9.59 Å². The Bertz CT molecular complexity index is 1040. The first-order valence-corrected chi connectivity index (χ1v) is 10.2. The van der Waals surface area contributed by atoms with E-state index in [2.05, 4.69) is 10.2 Å². The monoisotopic (exact) mass is 443 g/mol. The maximum atomic E-state index is 12.4. The van der Waals surface area contributed by atoms with Crippen LogP contribution in [0.2, 0.25) is 10.0 Å². The van der Waals surface area contributed by atoms with Crippen molar-refractivity contribution >= 4 is 46.4 Å². The van der Waals surface area contributed by atoms with Gasteiger partial charge in [-0.2, -0.15) is 0 Å². The number of amides is 2. The number of anilines is 2. The summed E-state index contributed by atoms with van der Waals surface area (Å²) < 4.78 is 5.20. The summed E-state index contributed by atoms with van der Waals surface area (Å²) >= 11 is 11.9. The Kier molecular flexibility index (Phi) is 5.97. The average molecular weight is 444 g/mol. The number of nitrogens with zero attached hydrogens (tertiary/aromatic N) is 2. The van der Waals surface area contributed by atoms with Crippen molar-refractivity contribution in [3.63, 3.8) is 0 Å². The van der Waals surface area contributed by atoms with E-state index in [9.17, 15) is 9.59 Å². The molecule has 0 unspecified atom stereocenters. The van der Waals surface area contributed by atoms with E-state index in [-0.39, 0.29) is 11.8 Å². The maximum Gasteiger partial charge on any atom is 0.289 e. The van der Waals surface area contributed by atoms with Gasteiger partial charge in [0, 0.05) is 43.1 Å². The molecule has 2 amide bonds. The molecular formula is C22H19Cl2N3O3. The summed E-state index contributed by atoms with van der Waals surface area (Å²) in [6.07, 6.45) is 1.51. The number of furan rings is 1. The van der Waals surface area contributed by atoms with Crippen molar-refractivity contribution in [1.82, 2.24) is 4.90 Å². The molecule has 154 valence electrons. The number of halogens is 2. The van der Waals surface area contributed by atoms with Gasteiger partial charge in [0.05, 0.1) is 16.3 Å². The largest absolute Gasteiger partial charge is 0.459 e. The van der Waals surface area contributed by atoms with Gasteiger partial charge in [0.1, 0.15) is 0 Å². The lowest BCUT2D eigenvalue weighted by Gasteiger charge is -2.35. The molecule has 1 N–H and O–H groups in total. The Labute approximate surface area is 184 Å². The molecule has 1 aliphatic rings. The van der Waals surface area contributed by atoms with Crippen molar-refractivity contribution in [3.8, 4) is 0 Å². The van der Waals surface area contributed by atoms with Crippen LogP contribution in [0.4, 0.5) is 11.4 Å². The third kappa shape index (κ3) is 4.45. The summed E-state index contributed by atoms with van der Waals surface area (Å²) in [6, 6.07) is 15.8. The van der Waals surface area contributed by atoms with Crippen LogP contribution in [-0.4, -0.2) is 42.9 Å². The number of carbonyl (C=O) groups excluding carboxylic acids is 2. The Morgan fingerprint density at radius 3 is 2.27 bits per heavy atom. The SMILES string of the molecule is O=C(Nc1ccc(N2CCN(C(=O)c3ccco3)CC2)cc1)c1ccc(Cl)c(Cl)c1.